The second-order valence-corrected chi connectivity index (χ2v) is 4.94. The fraction of sp³-hybridized carbons (Fsp3) is 0.182. The first-order valence-corrected chi connectivity index (χ1v) is 6.27. The van der Waals surface area contributed by atoms with Crippen molar-refractivity contribution in [1.82, 2.24) is 19.6 Å². The van der Waals surface area contributed by atoms with Crippen molar-refractivity contribution < 1.29 is 0 Å². The van der Waals surface area contributed by atoms with Crippen molar-refractivity contribution in [3.8, 4) is 0 Å². The summed E-state index contributed by atoms with van der Waals surface area (Å²) in [5.41, 5.74) is 7.62. The van der Waals surface area contributed by atoms with Crippen LogP contribution in [-0.2, 0) is 6.54 Å². The third-order valence-corrected chi connectivity index (χ3v) is 3.52. The molecule has 0 fully saturated rings. The first kappa shape index (κ1) is 13.6. The normalized spacial score (nSPS) is 10.4. The van der Waals surface area contributed by atoms with E-state index in [2.05, 4.69) is 19.6 Å². The number of nitrogen functional groups attached to an aromatic ring is 1. The zero-order valence-corrected chi connectivity index (χ0v) is 11.9. The number of nitrogens with two attached hydrogens (primary N) is 1. The zero-order chi connectivity index (χ0) is 12.5. The number of nitrogens with zero attached hydrogens (tertiary/aromatic N) is 5. The first-order chi connectivity index (χ1) is 8.74. The molecule has 0 amide bonds. The lowest BCUT2D eigenvalue weighted by Crippen LogP contribution is -2.17. The number of anilines is 2. The quantitative estimate of drug-likeness (QED) is 0.798. The third-order valence-electron chi connectivity index (χ3n) is 2.65. The Morgan fingerprint density at radius 2 is 2.21 bits per heavy atom. The van der Waals surface area contributed by atoms with Gasteiger partial charge in [-0.25, -0.2) is 4.98 Å². The van der Waals surface area contributed by atoms with Crippen molar-refractivity contribution in [3.05, 3.63) is 36.3 Å². The Hall–Kier alpha value is -1.86. The first-order valence-electron chi connectivity index (χ1n) is 5.45. The molecule has 3 aromatic heterocycles. The van der Waals surface area contributed by atoms with E-state index >= 15 is 0 Å². The number of hydrogen-bond donors (Lipinski definition) is 1. The summed E-state index contributed by atoms with van der Waals surface area (Å²) in [4.78, 5) is 6.35. The molecule has 0 radical (unpaired) electrons. The average molecular weight is 297 g/mol. The van der Waals surface area contributed by atoms with Crippen LogP contribution in [0.2, 0.25) is 0 Å². The molecule has 3 aromatic rings. The zero-order valence-electron chi connectivity index (χ0n) is 10.2. The summed E-state index contributed by atoms with van der Waals surface area (Å²) in [6, 6.07) is 5.94. The highest BCUT2D eigenvalue weighted by Gasteiger charge is 2.10. The van der Waals surface area contributed by atoms with Gasteiger partial charge in [0.05, 0.1) is 18.4 Å². The van der Waals surface area contributed by atoms with Crippen molar-refractivity contribution in [3.63, 3.8) is 0 Å². The molecular formula is C11H13ClN6S. The predicted octanol–water partition coefficient (Wildman–Crippen LogP) is 1.83. The number of fused-ring (bicyclic) bond motifs is 1. The van der Waals surface area contributed by atoms with Gasteiger partial charge in [-0.15, -0.1) is 22.6 Å². The highest BCUT2D eigenvalue weighted by atomic mass is 35.5. The molecule has 0 aliphatic rings. The summed E-state index contributed by atoms with van der Waals surface area (Å²) >= 11 is 1.37. The highest BCUT2D eigenvalue weighted by molar-refractivity contribution is 7.18. The molecule has 19 heavy (non-hydrogen) atoms. The van der Waals surface area contributed by atoms with Gasteiger partial charge >= 0.3 is 0 Å². The number of rotatable bonds is 3. The van der Waals surface area contributed by atoms with Crippen LogP contribution in [0.25, 0.3) is 5.65 Å². The van der Waals surface area contributed by atoms with E-state index in [4.69, 9.17) is 5.73 Å². The minimum Gasteiger partial charge on any atom is -0.374 e. The average Bonchev–Trinajstić information content (AvgIpc) is 2.97. The molecule has 0 saturated carbocycles. The maximum atomic E-state index is 5.58. The molecular weight excluding hydrogens is 284 g/mol. The summed E-state index contributed by atoms with van der Waals surface area (Å²) in [6.45, 7) is 0.708. The van der Waals surface area contributed by atoms with E-state index in [0.717, 1.165) is 16.5 Å². The molecule has 0 atom stereocenters. The molecule has 8 heteroatoms. The third kappa shape index (κ3) is 2.61. The molecule has 0 aliphatic heterocycles. The van der Waals surface area contributed by atoms with Gasteiger partial charge < -0.3 is 15.0 Å². The van der Waals surface area contributed by atoms with Crippen LogP contribution >= 0.6 is 23.7 Å². The van der Waals surface area contributed by atoms with Crippen LogP contribution in [0.3, 0.4) is 0 Å². The van der Waals surface area contributed by atoms with Gasteiger partial charge in [0.15, 0.2) is 0 Å². The number of hydrogen-bond acceptors (Lipinski definition) is 6. The molecule has 0 spiro atoms. The fourth-order valence-electron chi connectivity index (χ4n) is 1.79. The molecule has 2 N–H and O–H groups in total. The second kappa shape index (κ2) is 5.41. The van der Waals surface area contributed by atoms with Gasteiger partial charge in [0.2, 0.25) is 10.3 Å². The number of halogens is 1. The van der Waals surface area contributed by atoms with Gasteiger partial charge in [0, 0.05) is 13.2 Å². The highest BCUT2D eigenvalue weighted by Crippen LogP contribution is 2.22. The molecule has 0 aromatic carbocycles. The standard InChI is InChI=1S/C11H12N6S.ClH/c1-16(11-15-14-10(12)18-11)7-8-6-13-9-4-2-3-5-17(8)9;/h2-6H,7H2,1H3,(H2,12,14);1H. The van der Waals surface area contributed by atoms with Gasteiger partial charge in [-0.1, -0.05) is 17.4 Å². The predicted molar refractivity (Wildman–Crippen MR) is 78.9 cm³/mol. The van der Waals surface area contributed by atoms with Crippen molar-refractivity contribution in [1.29, 1.82) is 0 Å². The second-order valence-electron chi connectivity index (χ2n) is 3.96. The Morgan fingerprint density at radius 1 is 1.37 bits per heavy atom. The summed E-state index contributed by atoms with van der Waals surface area (Å²) in [5, 5.41) is 9.11. The lowest BCUT2D eigenvalue weighted by atomic mass is 10.4. The van der Waals surface area contributed by atoms with E-state index in [1.807, 2.05) is 42.5 Å². The summed E-state index contributed by atoms with van der Waals surface area (Å²) in [5.74, 6) is 0. The monoisotopic (exact) mass is 296 g/mol. The molecule has 3 heterocycles. The number of pyridine rings is 1. The SMILES string of the molecule is CN(Cc1cnc2ccccn12)c1nnc(N)s1.Cl. The summed E-state index contributed by atoms with van der Waals surface area (Å²) in [6.07, 6.45) is 3.87. The summed E-state index contributed by atoms with van der Waals surface area (Å²) in [7, 11) is 1.96. The van der Waals surface area contributed by atoms with Crippen LogP contribution in [0, 0.1) is 0 Å². The van der Waals surface area contributed by atoms with E-state index in [-0.39, 0.29) is 12.4 Å². The Kier molecular flexibility index (Phi) is 3.87. The van der Waals surface area contributed by atoms with Crippen molar-refractivity contribution in [2.45, 2.75) is 6.54 Å². The van der Waals surface area contributed by atoms with Crippen LogP contribution in [0.4, 0.5) is 10.3 Å². The summed E-state index contributed by atoms with van der Waals surface area (Å²) < 4.78 is 2.06. The van der Waals surface area contributed by atoms with Gasteiger partial charge in [0.1, 0.15) is 5.65 Å². The lowest BCUT2D eigenvalue weighted by molar-refractivity contribution is 0.853. The maximum Gasteiger partial charge on any atom is 0.210 e. The van der Waals surface area contributed by atoms with Crippen LogP contribution in [0.5, 0.6) is 0 Å². The number of imidazole rings is 1. The van der Waals surface area contributed by atoms with Crippen molar-refractivity contribution in [2.24, 2.45) is 0 Å². The largest absolute Gasteiger partial charge is 0.374 e. The number of aromatic nitrogens is 4. The minimum absolute atomic E-state index is 0. The van der Waals surface area contributed by atoms with Crippen molar-refractivity contribution in [2.75, 3.05) is 17.7 Å². The van der Waals surface area contributed by atoms with Crippen LogP contribution in [0.15, 0.2) is 30.6 Å². The van der Waals surface area contributed by atoms with Gasteiger partial charge in [0.25, 0.3) is 0 Å². The molecule has 3 rings (SSSR count). The van der Waals surface area contributed by atoms with Gasteiger partial charge in [-0.3, -0.25) is 0 Å². The fourth-order valence-corrected chi connectivity index (χ4v) is 2.36. The van der Waals surface area contributed by atoms with E-state index in [0.29, 0.717) is 11.7 Å². The topological polar surface area (TPSA) is 72.3 Å². The molecule has 6 nitrogen and oxygen atoms in total. The van der Waals surface area contributed by atoms with Crippen LogP contribution in [0.1, 0.15) is 5.69 Å². The van der Waals surface area contributed by atoms with Gasteiger partial charge in [-0.05, 0) is 12.1 Å². The van der Waals surface area contributed by atoms with E-state index < -0.39 is 0 Å². The van der Waals surface area contributed by atoms with Crippen LogP contribution < -0.4 is 10.6 Å². The molecule has 100 valence electrons. The van der Waals surface area contributed by atoms with E-state index in [9.17, 15) is 0 Å². The minimum atomic E-state index is 0. The Balaban J connectivity index is 0.00000133. The smallest absolute Gasteiger partial charge is 0.210 e. The van der Waals surface area contributed by atoms with Crippen LogP contribution in [-0.4, -0.2) is 26.6 Å². The Morgan fingerprint density at radius 3 is 2.95 bits per heavy atom. The van der Waals surface area contributed by atoms with E-state index in [1.165, 1.54) is 11.3 Å². The Labute approximate surface area is 120 Å². The molecule has 0 unspecified atom stereocenters. The maximum absolute atomic E-state index is 5.58. The molecule has 0 bridgehead atoms. The Bertz CT molecular complexity index is 678. The molecule has 0 saturated heterocycles. The van der Waals surface area contributed by atoms with E-state index in [1.54, 1.807) is 0 Å². The molecule has 0 aliphatic carbocycles. The lowest BCUT2D eigenvalue weighted by Gasteiger charge is -2.14. The van der Waals surface area contributed by atoms with Crippen molar-refractivity contribution >= 4 is 39.7 Å². The van der Waals surface area contributed by atoms with Gasteiger partial charge in [-0.2, -0.15) is 0 Å².